The molecule has 130 valence electrons. The number of carbonyl (C=O) groups excluding carboxylic acids is 1. The number of benzene rings is 1. The fourth-order valence-electron chi connectivity index (χ4n) is 2.17. The molecule has 0 bridgehead atoms. The minimum Gasteiger partial charge on any atom is -0.464 e. The molecular weight excluding hydrogens is 358 g/mol. The second-order valence-corrected chi connectivity index (χ2v) is 6.04. The van der Waals surface area contributed by atoms with Crippen LogP contribution in [0.25, 0.3) is 10.9 Å². The topological polar surface area (TPSA) is 132 Å². The minimum absolute atomic E-state index is 0.108. The molecule has 3 aromatic heterocycles. The van der Waals surface area contributed by atoms with Crippen LogP contribution in [0.5, 0.6) is 0 Å². The Morgan fingerprint density at radius 3 is 3.04 bits per heavy atom. The van der Waals surface area contributed by atoms with E-state index in [1.165, 1.54) is 31.3 Å². The molecule has 0 fully saturated rings. The van der Waals surface area contributed by atoms with Crippen LogP contribution in [0.3, 0.4) is 0 Å². The number of aromatic amines is 1. The van der Waals surface area contributed by atoms with Gasteiger partial charge in [0.1, 0.15) is 5.82 Å². The van der Waals surface area contributed by atoms with Gasteiger partial charge in [-0.05, 0) is 30.0 Å². The zero-order valence-electron chi connectivity index (χ0n) is 13.3. The highest BCUT2D eigenvalue weighted by atomic mass is 32.2. The number of methoxy groups -OCH3 is 1. The molecule has 11 heteroatoms. The molecule has 0 saturated heterocycles. The van der Waals surface area contributed by atoms with Gasteiger partial charge in [-0.3, -0.25) is 10.4 Å². The molecule has 0 aliphatic rings. The van der Waals surface area contributed by atoms with E-state index >= 15 is 0 Å². The number of nitrogens with one attached hydrogen (secondary N) is 2. The number of aromatic nitrogens is 6. The maximum Gasteiger partial charge on any atom is 0.356 e. The standard InChI is InChI=1S/C15H11N7O3S/c1-24-13(23)11-5-12(19-14-22-17-7-25-14)20-15(18-11)26-9-2-3-10-8(4-9)6-16-21-10/h2-7H,1H3,(H,16,21)(H,18,19,20,22). The van der Waals surface area contributed by atoms with Gasteiger partial charge in [0.2, 0.25) is 6.39 Å². The Morgan fingerprint density at radius 2 is 2.23 bits per heavy atom. The van der Waals surface area contributed by atoms with E-state index in [0.717, 1.165) is 15.8 Å². The summed E-state index contributed by atoms with van der Waals surface area (Å²) in [6.45, 7) is 0. The zero-order valence-corrected chi connectivity index (χ0v) is 14.1. The lowest BCUT2D eigenvalue weighted by molar-refractivity contribution is 0.0593. The smallest absolute Gasteiger partial charge is 0.356 e. The van der Waals surface area contributed by atoms with E-state index in [-0.39, 0.29) is 11.7 Å². The van der Waals surface area contributed by atoms with Crippen molar-refractivity contribution in [2.75, 3.05) is 12.4 Å². The minimum atomic E-state index is -0.576. The molecule has 26 heavy (non-hydrogen) atoms. The summed E-state index contributed by atoms with van der Waals surface area (Å²) in [5, 5.41) is 18.3. The highest BCUT2D eigenvalue weighted by Gasteiger charge is 2.14. The molecule has 2 N–H and O–H groups in total. The van der Waals surface area contributed by atoms with E-state index in [0.29, 0.717) is 11.0 Å². The van der Waals surface area contributed by atoms with Gasteiger partial charge < -0.3 is 9.15 Å². The number of nitrogens with zero attached hydrogens (tertiary/aromatic N) is 5. The van der Waals surface area contributed by atoms with Crippen LogP contribution in [0.15, 0.2) is 51.3 Å². The van der Waals surface area contributed by atoms with Gasteiger partial charge in [0, 0.05) is 16.3 Å². The molecule has 0 atom stereocenters. The number of fused-ring (bicyclic) bond motifs is 1. The van der Waals surface area contributed by atoms with E-state index in [2.05, 4.69) is 35.7 Å². The van der Waals surface area contributed by atoms with E-state index in [4.69, 9.17) is 9.15 Å². The van der Waals surface area contributed by atoms with Gasteiger partial charge >= 0.3 is 12.0 Å². The number of anilines is 2. The first-order valence-corrected chi connectivity index (χ1v) is 8.14. The molecule has 4 aromatic rings. The third-order valence-corrected chi connectivity index (χ3v) is 4.17. The van der Waals surface area contributed by atoms with Crippen LogP contribution in [0.2, 0.25) is 0 Å². The Kier molecular flexibility index (Phi) is 4.19. The molecule has 4 rings (SSSR count). The zero-order chi connectivity index (χ0) is 17.9. The number of hydrogen-bond donors (Lipinski definition) is 2. The summed E-state index contributed by atoms with van der Waals surface area (Å²) in [6.07, 6.45) is 2.91. The van der Waals surface area contributed by atoms with E-state index in [9.17, 15) is 4.79 Å². The van der Waals surface area contributed by atoms with Crippen LogP contribution in [0.4, 0.5) is 11.8 Å². The Labute approximate surface area is 150 Å². The van der Waals surface area contributed by atoms with Crippen LogP contribution >= 0.6 is 11.8 Å². The number of esters is 1. The summed E-state index contributed by atoms with van der Waals surface area (Å²) in [7, 11) is 1.29. The number of ether oxygens (including phenoxy) is 1. The maximum absolute atomic E-state index is 11.9. The summed E-state index contributed by atoms with van der Waals surface area (Å²) in [5.41, 5.74) is 1.04. The Morgan fingerprint density at radius 1 is 1.31 bits per heavy atom. The number of rotatable bonds is 5. The molecule has 3 heterocycles. The first kappa shape index (κ1) is 16.0. The summed E-state index contributed by atoms with van der Waals surface area (Å²) in [6, 6.07) is 7.36. The third-order valence-electron chi connectivity index (χ3n) is 3.32. The van der Waals surface area contributed by atoms with Crippen molar-refractivity contribution in [1.29, 1.82) is 0 Å². The predicted octanol–water partition coefficient (Wildman–Crippen LogP) is 2.42. The molecule has 0 aliphatic heterocycles. The van der Waals surface area contributed by atoms with E-state index in [1.54, 1.807) is 6.20 Å². The largest absolute Gasteiger partial charge is 0.464 e. The summed E-state index contributed by atoms with van der Waals surface area (Å²) in [5.74, 6) is -0.246. The Balaban J connectivity index is 1.67. The van der Waals surface area contributed by atoms with E-state index in [1.807, 2.05) is 18.2 Å². The van der Waals surface area contributed by atoms with E-state index < -0.39 is 5.97 Å². The van der Waals surface area contributed by atoms with Crippen molar-refractivity contribution in [3.05, 3.63) is 42.5 Å². The van der Waals surface area contributed by atoms with Crippen molar-refractivity contribution < 1.29 is 13.9 Å². The second kappa shape index (κ2) is 6.80. The SMILES string of the molecule is COC(=O)c1cc(Nc2nnco2)nc(Sc2ccc3[nH]ncc3c2)n1. The van der Waals surface area contributed by atoms with Crippen LogP contribution < -0.4 is 5.32 Å². The molecule has 0 amide bonds. The van der Waals surface area contributed by atoms with Crippen molar-refractivity contribution in [3.8, 4) is 0 Å². The average molecular weight is 369 g/mol. The molecule has 1 aromatic carbocycles. The van der Waals surface area contributed by atoms with Gasteiger partial charge in [0.25, 0.3) is 0 Å². The highest BCUT2D eigenvalue weighted by Crippen LogP contribution is 2.29. The Bertz CT molecular complexity index is 1060. The fraction of sp³-hybridized carbons (Fsp3) is 0.0667. The quantitative estimate of drug-likeness (QED) is 0.399. The van der Waals surface area contributed by atoms with Crippen LogP contribution in [-0.4, -0.2) is 43.4 Å². The molecule has 0 saturated carbocycles. The Hall–Kier alpha value is -3.47. The van der Waals surface area contributed by atoms with Crippen molar-refractivity contribution in [3.63, 3.8) is 0 Å². The molecule has 0 radical (unpaired) electrons. The van der Waals surface area contributed by atoms with Crippen molar-refractivity contribution in [2.45, 2.75) is 10.1 Å². The molecule has 0 spiro atoms. The third kappa shape index (κ3) is 3.32. The van der Waals surface area contributed by atoms with Crippen LogP contribution in [-0.2, 0) is 4.74 Å². The van der Waals surface area contributed by atoms with Crippen molar-refractivity contribution in [1.82, 2.24) is 30.4 Å². The molecule has 0 unspecified atom stereocenters. The number of carbonyl (C=O) groups is 1. The molecule has 0 aliphatic carbocycles. The maximum atomic E-state index is 11.9. The first-order chi connectivity index (χ1) is 12.7. The monoisotopic (exact) mass is 369 g/mol. The van der Waals surface area contributed by atoms with Gasteiger partial charge in [-0.2, -0.15) is 5.10 Å². The second-order valence-electron chi connectivity index (χ2n) is 5.00. The predicted molar refractivity (Wildman–Crippen MR) is 91.2 cm³/mol. The summed E-state index contributed by atoms with van der Waals surface area (Å²) in [4.78, 5) is 21.4. The summed E-state index contributed by atoms with van der Waals surface area (Å²) >= 11 is 1.30. The number of hydrogen-bond acceptors (Lipinski definition) is 10. The average Bonchev–Trinajstić information content (AvgIpc) is 3.32. The van der Waals surface area contributed by atoms with Crippen molar-refractivity contribution in [2.24, 2.45) is 0 Å². The lowest BCUT2D eigenvalue weighted by Crippen LogP contribution is -2.08. The lowest BCUT2D eigenvalue weighted by Gasteiger charge is -2.07. The number of H-pyrrole nitrogens is 1. The van der Waals surface area contributed by atoms with Gasteiger partial charge in [0.15, 0.2) is 10.9 Å². The van der Waals surface area contributed by atoms with Gasteiger partial charge in [-0.15, -0.1) is 5.10 Å². The fourth-order valence-corrected chi connectivity index (χ4v) is 2.99. The normalized spacial score (nSPS) is 10.8. The highest BCUT2D eigenvalue weighted by molar-refractivity contribution is 7.99. The van der Waals surface area contributed by atoms with Crippen LogP contribution in [0, 0.1) is 0 Å². The first-order valence-electron chi connectivity index (χ1n) is 7.33. The molecule has 10 nitrogen and oxygen atoms in total. The van der Waals surface area contributed by atoms with Crippen LogP contribution in [0.1, 0.15) is 10.5 Å². The van der Waals surface area contributed by atoms with Crippen molar-refractivity contribution >= 4 is 40.5 Å². The molecular formula is C15H11N7O3S. The van der Waals surface area contributed by atoms with Gasteiger partial charge in [0.05, 0.1) is 18.8 Å². The summed E-state index contributed by atoms with van der Waals surface area (Å²) < 4.78 is 9.78. The van der Waals surface area contributed by atoms with Gasteiger partial charge in [-0.1, -0.05) is 5.10 Å². The van der Waals surface area contributed by atoms with Gasteiger partial charge in [-0.25, -0.2) is 14.8 Å². The lowest BCUT2D eigenvalue weighted by atomic mass is 10.3.